The number of aromatic nitrogens is 2. The molecule has 17 heavy (non-hydrogen) atoms. The van der Waals surface area contributed by atoms with Gasteiger partial charge in [-0.3, -0.25) is 4.98 Å². The molecule has 1 saturated heterocycles. The van der Waals surface area contributed by atoms with Crippen LogP contribution >= 0.6 is 0 Å². The molecule has 4 nitrogen and oxygen atoms in total. The standard InChI is InChI=1S/C13H20N4/c1-2-12(15-5-1)10-17(9-11-3-4-11)13-8-14-6-7-16-13/h6-8,11-12,15H,1-5,9-10H2. The normalized spacial score (nSPS) is 23.9. The molecule has 0 amide bonds. The van der Waals surface area contributed by atoms with E-state index in [1.165, 1.54) is 32.2 Å². The predicted molar refractivity (Wildman–Crippen MR) is 68.0 cm³/mol. The van der Waals surface area contributed by atoms with Crippen LogP contribution in [0.4, 0.5) is 5.82 Å². The van der Waals surface area contributed by atoms with E-state index in [-0.39, 0.29) is 0 Å². The third-order valence-electron chi connectivity index (χ3n) is 3.65. The molecule has 0 spiro atoms. The molecular weight excluding hydrogens is 212 g/mol. The maximum Gasteiger partial charge on any atom is 0.147 e. The summed E-state index contributed by atoms with van der Waals surface area (Å²) < 4.78 is 0. The Bertz CT molecular complexity index is 344. The fourth-order valence-corrected chi connectivity index (χ4v) is 2.51. The van der Waals surface area contributed by atoms with E-state index in [2.05, 4.69) is 20.2 Å². The van der Waals surface area contributed by atoms with Crippen molar-refractivity contribution >= 4 is 5.82 Å². The Kier molecular flexibility index (Phi) is 3.22. The summed E-state index contributed by atoms with van der Waals surface area (Å²) in [5.74, 6) is 1.92. The highest BCUT2D eigenvalue weighted by molar-refractivity contribution is 5.35. The summed E-state index contributed by atoms with van der Waals surface area (Å²) in [6, 6.07) is 0.635. The molecule has 1 saturated carbocycles. The Labute approximate surface area is 102 Å². The van der Waals surface area contributed by atoms with Gasteiger partial charge in [-0.2, -0.15) is 0 Å². The molecule has 1 atom stereocenters. The Hall–Kier alpha value is -1.16. The molecule has 1 aromatic heterocycles. The first kappa shape index (κ1) is 11.0. The summed E-state index contributed by atoms with van der Waals surface area (Å²) in [5.41, 5.74) is 0. The SMILES string of the molecule is c1cnc(N(CC2CC2)CC2CCCN2)cn1. The van der Waals surface area contributed by atoms with E-state index >= 15 is 0 Å². The van der Waals surface area contributed by atoms with Crippen LogP contribution in [0, 0.1) is 5.92 Å². The number of anilines is 1. The Balaban J connectivity index is 1.66. The molecular formula is C13H20N4. The lowest BCUT2D eigenvalue weighted by Crippen LogP contribution is -2.39. The van der Waals surface area contributed by atoms with Crippen LogP contribution < -0.4 is 10.2 Å². The van der Waals surface area contributed by atoms with Gasteiger partial charge < -0.3 is 10.2 Å². The number of hydrogen-bond acceptors (Lipinski definition) is 4. The summed E-state index contributed by atoms with van der Waals surface area (Å²) in [4.78, 5) is 11.0. The zero-order valence-corrected chi connectivity index (χ0v) is 10.2. The first-order valence-electron chi connectivity index (χ1n) is 6.66. The van der Waals surface area contributed by atoms with Gasteiger partial charge in [0.2, 0.25) is 0 Å². The quantitative estimate of drug-likeness (QED) is 0.834. The molecule has 92 valence electrons. The van der Waals surface area contributed by atoms with Gasteiger partial charge in [0.05, 0.1) is 6.20 Å². The van der Waals surface area contributed by atoms with Gasteiger partial charge in [-0.1, -0.05) is 0 Å². The topological polar surface area (TPSA) is 41.1 Å². The Morgan fingerprint density at radius 1 is 1.24 bits per heavy atom. The molecule has 4 heteroatoms. The van der Waals surface area contributed by atoms with E-state index in [1.807, 2.05) is 6.20 Å². The molecule has 1 aliphatic carbocycles. The van der Waals surface area contributed by atoms with E-state index in [4.69, 9.17) is 0 Å². The highest BCUT2D eigenvalue weighted by atomic mass is 15.2. The van der Waals surface area contributed by atoms with Crippen LogP contribution in [-0.2, 0) is 0 Å². The maximum atomic E-state index is 4.44. The van der Waals surface area contributed by atoms with Crippen molar-refractivity contribution in [2.75, 3.05) is 24.5 Å². The number of hydrogen-bond donors (Lipinski definition) is 1. The number of nitrogens with zero attached hydrogens (tertiary/aromatic N) is 3. The Morgan fingerprint density at radius 2 is 2.18 bits per heavy atom. The predicted octanol–water partition coefficient (Wildman–Crippen LogP) is 1.44. The summed E-state index contributed by atoms with van der Waals surface area (Å²) in [6.45, 7) is 3.40. The summed E-state index contributed by atoms with van der Waals surface area (Å²) >= 11 is 0. The first-order chi connectivity index (χ1) is 8.42. The van der Waals surface area contributed by atoms with Crippen molar-refractivity contribution < 1.29 is 0 Å². The number of rotatable bonds is 5. The lowest BCUT2D eigenvalue weighted by Gasteiger charge is -2.26. The fraction of sp³-hybridized carbons (Fsp3) is 0.692. The highest BCUT2D eigenvalue weighted by Gasteiger charge is 2.27. The zero-order valence-electron chi connectivity index (χ0n) is 10.2. The van der Waals surface area contributed by atoms with Gasteiger partial charge in [0, 0.05) is 31.5 Å². The lowest BCUT2D eigenvalue weighted by molar-refractivity contribution is 0.566. The van der Waals surface area contributed by atoms with Gasteiger partial charge in [-0.25, -0.2) is 4.98 Å². The summed E-state index contributed by atoms with van der Waals surface area (Å²) in [5, 5.41) is 3.56. The van der Waals surface area contributed by atoms with Gasteiger partial charge in [-0.05, 0) is 38.1 Å². The van der Waals surface area contributed by atoms with Gasteiger partial charge >= 0.3 is 0 Å². The van der Waals surface area contributed by atoms with E-state index in [0.29, 0.717) is 6.04 Å². The summed E-state index contributed by atoms with van der Waals surface area (Å²) in [6.07, 6.45) is 10.8. The van der Waals surface area contributed by atoms with Gasteiger partial charge in [0.15, 0.2) is 0 Å². The van der Waals surface area contributed by atoms with Crippen LogP contribution in [0.25, 0.3) is 0 Å². The summed E-state index contributed by atoms with van der Waals surface area (Å²) in [7, 11) is 0. The van der Waals surface area contributed by atoms with Crippen LogP contribution in [-0.4, -0.2) is 35.6 Å². The molecule has 0 aromatic carbocycles. The average Bonchev–Trinajstić information content (AvgIpc) is 3.04. The van der Waals surface area contributed by atoms with Crippen molar-refractivity contribution in [1.82, 2.24) is 15.3 Å². The molecule has 0 bridgehead atoms. The van der Waals surface area contributed by atoms with Gasteiger partial charge in [-0.15, -0.1) is 0 Å². The van der Waals surface area contributed by atoms with Gasteiger partial charge in [0.1, 0.15) is 5.82 Å². The van der Waals surface area contributed by atoms with E-state index in [9.17, 15) is 0 Å². The van der Waals surface area contributed by atoms with E-state index in [1.54, 1.807) is 12.4 Å². The molecule has 2 aliphatic rings. The van der Waals surface area contributed by atoms with Crippen LogP contribution in [0.2, 0.25) is 0 Å². The zero-order chi connectivity index (χ0) is 11.5. The molecule has 1 aromatic rings. The maximum absolute atomic E-state index is 4.44. The molecule has 2 heterocycles. The third-order valence-corrected chi connectivity index (χ3v) is 3.65. The first-order valence-corrected chi connectivity index (χ1v) is 6.66. The van der Waals surface area contributed by atoms with Crippen molar-refractivity contribution in [2.45, 2.75) is 31.7 Å². The molecule has 3 rings (SSSR count). The van der Waals surface area contributed by atoms with Crippen molar-refractivity contribution in [3.63, 3.8) is 0 Å². The minimum atomic E-state index is 0.635. The second-order valence-corrected chi connectivity index (χ2v) is 5.21. The van der Waals surface area contributed by atoms with Gasteiger partial charge in [0.25, 0.3) is 0 Å². The smallest absolute Gasteiger partial charge is 0.147 e. The molecule has 1 unspecified atom stereocenters. The Morgan fingerprint density at radius 3 is 2.82 bits per heavy atom. The average molecular weight is 232 g/mol. The monoisotopic (exact) mass is 232 g/mol. The second kappa shape index (κ2) is 5.00. The van der Waals surface area contributed by atoms with Crippen molar-refractivity contribution in [1.29, 1.82) is 0 Å². The van der Waals surface area contributed by atoms with Crippen LogP contribution in [0.1, 0.15) is 25.7 Å². The molecule has 0 radical (unpaired) electrons. The van der Waals surface area contributed by atoms with Crippen molar-refractivity contribution in [3.05, 3.63) is 18.6 Å². The van der Waals surface area contributed by atoms with Crippen LogP contribution in [0.5, 0.6) is 0 Å². The molecule has 1 N–H and O–H groups in total. The third kappa shape index (κ3) is 2.94. The van der Waals surface area contributed by atoms with Crippen LogP contribution in [0.3, 0.4) is 0 Å². The molecule has 1 aliphatic heterocycles. The number of nitrogens with one attached hydrogen (secondary N) is 1. The van der Waals surface area contributed by atoms with E-state index in [0.717, 1.165) is 24.8 Å². The molecule has 2 fully saturated rings. The van der Waals surface area contributed by atoms with Crippen molar-refractivity contribution in [3.8, 4) is 0 Å². The van der Waals surface area contributed by atoms with E-state index < -0.39 is 0 Å². The van der Waals surface area contributed by atoms with Crippen LogP contribution in [0.15, 0.2) is 18.6 Å². The highest BCUT2D eigenvalue weighted by Crippen LogP contribution is 2.31. The minimum Gasteiger partial charge on any atom is -0.354 e. The second-order valence-electron chi connectivity index (χ2n) is 5.21. The fourth-order valence-electron chi connectivity index (χ4n) is 2.51. The lowest BCUT2D eigenvalue weighted by atomic mass is 10.2. The van der Waals surface area contributed by atoms with Crippen molar-refractivity contribution in [2.24, 2.45) is 5.92 Å². The minimum absolute atomic E-state index is 0.635. The largest absolute Gasteiger partial charge is 0.354 e.